The third kappa shape index (κ3) is 8.28. The minimum Gasteiger partial charge on any atom is -0.490 e. The molecule has 0 heterocycles. The molecule has 53 heavy (non-hydrogen) atoms. The molecule has 3 unspecified atom stereocenters. The molecule has 3 atom stereocenters. The summed E-state index contributed by atoms with van der Waals surface area (Å²) >= 11 is 0. The average molecular weight is 715 g/mol. The van der Waals surface area contributed by atoms with Crippen molar-refractivity contribution in [2.75, 3.05) is 13.2 Å². The monoisotopic (exact) mass is 714 g/mol. The normalized spacial score (nSPS) is 13.7. The Hall–Kier alpha value is -6.68. The van der Waals surface area contributed by atoms with E-state index in [1.807, 2.05) is 60.7 Å². The van der Waals surface area contributed by atoms with Crippen LogP contribution in [-0.4, -0.2) is 55.6 Å². The van der Waals surface area contributed by atoms with Gasteiger partial charge in [0.15, 0.2) is 12.2 Å². The van der Waals surface area contributed by atoms with E-state index in [1.165, 1.54) is 6.92 Å². The first kappa shape index (κ1) is 37.6. The Balaban J connectivity index is 1.50. The van der Waals surface area contributed by atoms with E-state index in [0.29, 0.717) is 11.5 Å². The molecule has 0 saturated heterocycles. The highest BCUT2D eigenvalue weighted by atomic mass is 16.7. The maximum atomic E-state index is 12.1. The van der Waals surface area contributed by atoms with Crippen molar-refractivity contribution in [2.45, 2.75) is 30.8 Å². The summed E-state index contributed by atoms with van der Waals surface area (Å²) in [4.78, 5) is 47.5. The van der Waals surface area contributed by atoms with Gasteiger partial charge < -0.3 is 28.4 Å². The Bertz CT molecular complexity index is 1970. The number of hydrogen-bond acceptors (Lipinski definition) is 10. The van der Waals surface area contributed by atoms with Crippen molar-refractivity contribution < 1.29 is 47.6 Å². The number of hydrogen-bond donors (Lipinski definition) is 0. The second kappa shape index (κ2) is 17.0. The molecule has 4 aromatic rings. The highest BCUT2D eigenvalue weighted by Gasteiger charge is 2.46. The molecule has 0 amide bonds. The topological polar surface area (TPSA) is 124 Å². The molecule has 0 saturated carbocycles. The molecule has 0 aromatic heterocycles. The fourth-order valence-electron chi connectivity index (χ4n) is 6.16. The first-order valence-corrected chi connectivity index (χ1v) is 16.6. The zero-order valence-electron chi connectivity index (χ0n) is 29.1. The summed E-state index contributed by atoms with van der Waals surface area (Å²) in [6.07, 6.45) is 0.923. The molecule has 0 N–H and O–H groups in total. The number of ether oxygens (including phenoxy) is 6. The van der Waals surface area contributed by atoms with Gasteiger partial charge in [0.2, 0.25) is 0 Å². The lowest BCUT2D eigenvalue weighted by Crippen LogP contribution is -2.37. The maximum Gasteiger partial charge on any atom is 0.333 e. The van der Waals surface area contributed by atoms with Crippen molar-refractivity contribution in [3.8, 4) is 22.6 Å². The van der Waals surface area contributed by atoms with Crippen LogP contribution in [0, 0.1) is 0 Å². The summed E-state index contributed by atoms with van der Waals surface area (Å²) in [5.74, 6) is -1.93. The third-order valence-corrected chi connectivity index (χ3v) is 8.49. The minimum absolute atomic E-state index is 0.0872. The fourth-order valence-corrected chi connectivity index (χ4v) is 6.16. The van der Waals surface area contributed by atoms with Crippen LogP contribution in [0.3, 0.4) is 0 Å². The number of esters is 4. The lowest BCUT2D eigenvalue weighted by Gasteiger charge is -2.34. The Kier molecular flexibility index (Phi) is 12.1. The minimum atomic E-state index is -1.27. The average Bonchev–Trinajstić information content (AvgIpc) is 3.49. The van der Waals surface area contributed by atoms with Gasteiger partial charge in [0.1, 0.15) is 24.7 Å². The van der Waals surface area contributed by atoms with Crippen LogP contribution in [0.5, 0.6) is 11.5 Å². The Labute approximate surface area is 307 Å². The second-order valence-corrected chi connectivity index (χ2v) is 11.8. The van der Waals surface area contributed by atoms with Gasteiger partial charge in [-0.1, -0.05) is 99.1 Å². The molecule has 0 radical (unpaired) electrons. The molecule has 270 valence electrons. The predicted octanol–water partition coefficient (Wildman–Crippen LogP) is 6.81. The van der Waals surface area contributed by atoms with E-state index >= 15 is 0 Å². The summed E-state index contributed by atoms with van der Waals surface area (Å²) in [7, 11) is 0. The van der Waals surface area contributed by atoms with Gasteiger partial charge in [-0.3, -0.25) is 0 Å². The quantitative estimate of drug-likeness (QED) is 0.0439. The summed E-state index contributed by atoms with van der Waals surface area (Å²) in [6, 6.07) is 31.4. The lowest BCUT2D eigenvalue weighted by molar-refractivity contribution is -0.183. The highest BCUT2D eigenvalue weighted by Crippen LogP contribution is 2.56. The summed E-state index contributed by atoms with van der Waals surface area (Å²) in [5, 5.41) is 0. The van der Waals surface area contributed by atoms with Crippen LogP contribution in [0.15, 0.2) is 148 Å². The van der Waals surface area contributed by atoms with Crippen LogP contribution in [0.25, 0.3) is 11.1 Å². The zero-order valence-corrected chi connectivity index (χ0v) is 29.1. The largest absolute Gasteiger partial charge is 0.490 e. The second-order valence-electron chi connectivity index (χ2n) is 11.8. The van der Waals surface area contributed by atoms with E-state index in [9.17, 15) is 19.2 Å². The van der Waals surface area contributed by atoms with Gasteiger partial charge in [-0.2, -0.15) is 0 Å². The number of carbonyl (C=O) groups is 4. The first-order chi connectivity index (χ1) is 25.6. The Morgan fingerprint density at radius 3 is 1.58 bits per heavy atom. The van der Waals surface area contributed by atoms with Gasteiger partial charge in [0.25, 0.3) is 6.29 Å². The first-order valence-electron chi connectivity index (χ1n) is 16.6. The van der Waals surface area contributed by atoms with E-state index in [1.54, 1.807) is 12.1 Å². The zero-order chi connectivity index (χ0) is 38.0. The van der Waals surface area contributed by atoms with Crippen LogP contribution in [-0.2, 0) is 43.5 Å². The summed E-state index contributed by atoms with van der Waals surface area (Å²) in [5.41, 5.74) is 5.37. The third-order valence-electron chi connectivity index (χ3n) is 8.49. The van der Waals surface area contributed by atoms with Crippen LogP contribution in [0.4, 0.5) is 0 Å². The fraction of sp³-hybridized carbons (Fsp3) is 0.163. The smallest absolute Gasteiger partial charge is 0.333 e. The molecule has 0 fully saturated rings. The standard InChI is InChI=1S/C43H38O10/c1-6-38(44)49-27-33(51-40(46)8-3)26-48-31-22-18-29(19-23-31)43(36-16-12-10-14-34(36)35-15-11-13-17-37(35)43)30-20-24-32(25-21-30)52-42(53-41(47)9-4)28(5)50-39(45)7-2/h6-25,28,33,42H,1-4,26-27H2,5H3. The van der Waals surface area contributed by atoms with Gasteiger partial charge in [-0.15, -0.1) is 0 Å². The van der Waals surface area contributed by atoms with Crippen LogP contribution in [0.2, 0.25) is 0 Å². The predicted molar refractivity (Wildman–Crippen MR) is 197 cm³/mol. The van der Waals surface area contributed by atoms with E-state index < -0.39 is 47.8 Å². The van der Waals surface area contributed by atoms with Gasteiger partial charge in [0.05, 0.1) is 5.41 Å². The van der Waals surface area contributed by atoms with E-state index in [2.05, 4.69) is 50.6 Å². The maximum absolute atomic E-state index is 12.1. The Morgan fingerprint density at radius 1 is 0.585 bits per heavy atom. The highest BCUT2D eigenvalue weighted by molar-refractivity contribution is 5.86. The van der Waals surface area contributed by atoms with E-state index in [0.717, 1.165) is 57.7 Å². The van der Waals surface area contributed by atoms with Crippen LogP contribution < -0.4 is 9.47 Å². The van der Waals surface area contributed by atoms with Crippen molar-refractivity contribution in [2.24, 2.45) is 0 Å². The van der Waals surface area contributed by atoms with Gasteiger partial charge in [-0.25, -0.2) is 19.2 Å². The number of carbonyl (C=O) groups excluding carboxylic acids is 4. The van der Waals surface area contributed by atoms with Gasteiger partial charge in [0, 0.05) is 24.3 Å². The van der Waals surface area contributed by atoms with Crippen molar-refractivity contribution in [1.82, 2.24) is 0 Å². The van der Waals surface area contributed by atoms with Gasteiger partial charge in [-0.05, 0) is 64.6 Å². The lowest BCUT2D eigenvalue weighted by atomic mass is 9.68. The molecule has 1 aliphatic rings. The van der Waals surface area contributed by atoms with Crippen molar-refractivity contribution in [3.63, 3.8) is 0 Å². The SMILES string of the molecule is C=CC(=O)OCC(COc1ccc(C2(c3ccc(OC(OC(=O)C=C)C(C)OC(=O)C=C)cc3)c3ccccc3-c3ccccc32)cc1)OC(=O)C=C. The number of fused-ring (bicyclic) bond motifs is 3. The molecular weight excluding hydrogens is 676 g/mol. The van der Waals surface area contributed by atoms with Crippen LogP contribution in [0.1, 0.15) is 29.2 Å². The molecular formula is C43H38O10. The molecule has 5 rings (SSSR count). The molecule has 10 heteroatoms. The molecule has 4 aromatic carbocycles. The van der Waals surface area contributed by atoms with E-state index in [4.69, 9.17) is 28.4 Å². The molecule has 0 spiro atoms. The molecule has 0 aliphatic heterocycles. The number of benzene rings is 4. The molecule has 0 bridgehead atoms. The van der Waals surface area contributed by atoms with Crippen molar-refractivity contribution in [1.29, 1.82) is 0 Å². The number of rotatable bonds is 17. The van der Waals surface area contributed by atoms with Crippen molar-refractivity contribution >= 4 is 23.9 Å². The molecule has 10 nitrogen and oxygen atoms in total. The summed E-state index contributed by atoms with van der Waals surface area (Å²) in [6.45, 7) is 14.9. The van der Waals surface area contributed by atoms with Crippen LogP contribution >= 0.6 is 0 Å². The summed E-state index contributed by atoms with van der Waals surface area (Å²) < 4.78 is 33.0. The van der Waals surface area contributed by atoms with E-state index in [-0.39, 0.29) is 13.2 Å². The van der Waals surface area contributed by atoms with Gasteiger partial charge >= 0.3 is 23.9 Å². The van der Waals surface area contributed by atoms with Crippen molar-refractivity contribution in [3.05, 3.63) is 170 Å². The Morgan fingerprint density at radius 2 is 1.06 bits per heavy atom. The molecule has 1 aliphatic carbocycles.